The Bertz CT molecular complexity index is 742. The number of ether oxygens (including phenoxy) is 1. The molecule has 116 valence electrons. The zero-order valence-corrected chi connectivity index (χ0v) is 13.0. The van der Waals surface area contributed by atoms with Gasteiger partial charge in [0, 0.05) is 30.9 Å². The van der Waals surface area contributed by atoms with E-state index in [0.29, 0.717) is 13.2 Å². The molecule has 3 heteroatoms. The minimum atomic E-state index is 0.516. The van der Waals surface area contributed by atoms with E-state index in [1.165, 1.54) is 5.56 Å². The van der Waals surface area contributed by atoms with E-state index in [0.717, 1.165) is 28.9 Å². The van der Waals surface area contributed by atoms with Gasteiger partial charge in [0.2, 0.25) is 0 Å². The first kappa shape index (κ1) is 15.3. The van der Waals surface area contributed by atoms with Crippen LogP contribution in [0.3, 0.4) is 0 Å². The van der Waals surface area contributed by atoms with Gasteiger partial charge in [0.25, 0.3) is 0 Å². The van der Waals surface area contributed by atoms with Crippen LogP contribution in [-0.2, 0) is 13.0 Å². The number of pyridine rings is 1. The number of aromatic nitrogens is 1. The Hall–Kier alpha value is -2.65. The van der Waals surface area contributed by atoms with Crippen LogP contribution in [0.15, 0.2) is 73.1 Å². The first-order valence-electron chi connectivity index (χ1n) is 7.77. The van der Waals surface area contributed by atoms with Crippen molar-refractivity contribution in [3.63, 3.8) is 0 Å². The fourth-order valence-corrected chi connectivity index (χ4v) is 2.51. The summed E-state index contributed by atoms with van der Waals surface area (Å²) >= 11 is 0. The summed E-state index contributed by atoms with van der Waals surface area (Å²) in [6, 6.07) is 20.4. The summed E-state index contributed by atoms with van der Waals surface area (Å²) < 4.78 is 6.03. The first-order chi connectivity index (χ1) is 11.4. The minimum Gasteiger partial charge on any atom is -0.493 e. The van der Waals surface area contributed by atoms with Crippen LogP contribution in [0, 0.1) is 0 Å². The average molecular weight is 304 g/mol. The number of rotatable bonds is 6. The second-order valence-corrected chi connectivity index (χ2v) is 5.35. The molecule has 23 heavy (non-hydrogen) atoms. The van der Waals surface area contributed by atoms with Gasteiger partial charge in [-0.15, -0.1) is 0 Å². The van der Waals surface area contributed by atoms with Crippen LogP contribution in [0.5, 0.6) is 5.75 Å². The number of benzene rings is 2. The topological polar surface area (TPSA) is 48.1 Å². The van der Waals surface area contributed by atoms with Crippen LogP contribution >= 0.6 is 0 Å². The molecule has 0 fully saturated rings. The summed E-state index contributed by atoms with van der Waals surface area (Å²) in [5.41, 5.74) is 10.3. The van der Waals surface area contributed by atoms with Gasteiger partial charge in [-0.05, 0) is 41.0 Å². The Morgan fingerprint density at radius 3 is 2.39 bits per heavy atom. The molecule has 3 aromatic rings. The highest BCUT2D eigenvalue weighted by Gasteiger charge is 2.08. The number of nitrogens with two attached hydrogens (primary N) is 1. The normalized spacial score (nSPS) is 10.5. The molecule has 0 unspecified atom stereocenters. The zero-order chi connectivity index (χ0) is 15.9. The standard InChI is InChI=1S/C20H20N2O/c21-15-17-6-7-20(19(14-17)18-8-11-22-12-9-18)23-13-10-16-4-2-1-3-5-16/h1-9,11-12,14H,10,13,15,21H2. The van der Waals surface area contributed by atoms with Gasteiger partial charge in [0.1, 0.15) is 5.75 Å². The summed E-state index contributed by atoms with van der Waals surface area (Å²) in [6.07, 6.45) is 4.46. The largest absolute Gasteiger partial charge is 0.493 e. The molecular weight excluding hydrogens is 284 g/mol. The predicted octanol–water partition coefficient (Wildman–Crippen LogP) is 3.83. The number of nitrogens with zero attached hydrogens (tertiary/aromatic N) is 1. The van der Waals surface area contributed by atoms with E-state index in [1.807, 2.05) is 42.5 Å². The lowest BCUT2D eigenvalue weighted by Crippen LogP contribution is -2.03. The summed E-state index contributed by atoms with van der Waals surface area (Å²) in [6.45, 7) is 1.16. The monoisotopic (exact) mass is 304 g/mol. The summed E-state index contributed by atoms with van der Waals surface area (Å²) in [5.74, 6) is 0.879. The highest BCUT2D eigenvalue weighted by atomic mass is 16.5. The molecular formula is C20H20N2O. The Labute approximate surface area is 136 Å². The van der Waals surface area contributed by atoms with Gasteiger partial charge in [0.05, 0.1) is 6.61 Å². The fourth-order valence-electron chi connectivity index (χ4n) is 2.51. The maximum atomic E-state index is 6.03. The van der Waals surface area contributed by atoms with Crippen molar-refractivity contribution in [1.82, 2.24) is 4.98 Å². The van der Waals surface area contributed by atoms with Crippen molar-refractivity contribution in [3.05, 3.63) is 84.2 Å². The summed E-state index contributed by atoms with van der Waals surface area (Å²) in [5, 5.41) is 0. The van der Waals surface area contributed by atoms with Crippen LogP contribution < -0.4 is 10.5 Å². The van der Waals surface area contributed by atoms with Crippen LogP contribution in [0.2, 0.25) is 0 Å². The molecule has 1 aromatic heterocycles. The molecule has 2 aromatic carbocycles. The van der Waals surface area contributed by atoms with Gasteiger partial charge < -0.3 is 10.5 Å². The van der Waals surface area contributed by atoms with E-state index in [2.05, 4.69) is 23.2 Å². The van der Waals surface area contributed by atoms with Crippen molar-refractivity contribution in [3.8, 4) is 16.9 Å². The highest BCUT2D eigenvalue weighted by Crippen LogP contribution is 2.30. The number of hydrogen-bond donors (Lipinski definition) is 1. The zero-order valence-electron chi connectivity index (χ0n) is 13.0. The van der Waals surface area contributed by atoms with Crippen molar-refractivity contribution in [2.75, 3.05) is 6.61 Å². The summed E-state index contributed by atoms with van der Waals surface area (Å²) in [4.78, 5) is 4.08. The summed E-state index contributed by atoms with van der Waals surface area (Å²) in [7, 11) is 0. The molecule has 0 bridgehead atoms. The Kier molecular flexibility index (Phi) is 5.02. The smallest absolute Gasteiger partial charge is 0.127 e. The van der Waals surface area contributed by atoms with Gasteiger partial charge in [-0.25, -0.2) is 0 Å². The molecule has 0 spiro atoms. The quantitative estimate of drug-likeness (QED) is 0.753. The van der Waals surface area contributed by atoms with Crippen LogP contribution in [0.25, 0.3) is 11.1 Å². The van der Waals surface area contributed by atoms with Gasteiger partial charge in [-0.2, -0.15) is 0 Å². The molecule has 0 aliphatic heterocycles. The van der Waals surface area contributed by atoms with Crippen LogP contribution in [-0.4, -0.2) is 11.6 Å². The van der Waals surface area contributed by atoms with Gasteiger partial charge in [-0.1, -0.05) is 36.4 Å². The SMILES string of the molecule is NCc1ccc(OCCc2ccccc2)c(-c2ccncc2)c1. The molecule has 0 aliphatic carbocycles. The molecule has 3 nitrogen and oxygen atoms in total. The van der Waals surface area contributed by atoms with Gasteiger partial charge >= 0.3 is 0 Å². The molecule has 0 atom stereocenters. The number of hydrogen-bond acceptors (Lipinski definition) is 3. The van der Waals surface area contributed by atoms with E-state index in [-0.39, 0.29) is 0 Å². The van der Waals surface area contributed by atoms with E-state index >= 15 is 0 Å². The third kappa shape index (κ3) is 3.96. The van der Waals surface area contributed by atoms with E-state index in [1.54, 1.807) is 12.4 Å². The van der Waals surface area contributed by atoms with Crippen molar-refractivity contribution in [2.45, 2.75) is 13.0 Å². The Morgan fingerprint density at radius 1 is 0.870 bits per heavy atom. The van der Waals surface area contributed by atoms with Gasteiger partial charge in [0.15, 0.2) is 0 Å². The van der Waals surface area contributed by atoms with Crippen LogP contribution in [0.4, 0.5) is 0 Å². The fraction of sp³-hybridized carbons (Fsp3) is 0.150. The van der Waals surface area contributed by atoms with Crippen molar-refractivity contribution < 1.29 is 4.74 Å². The van der Waals surface area contributed by atoms with Crippen molar-refractivity contribution in [2.24, 2.45) is 5.73 Å². The van der Waals surface area contributed by atoms with Gasteiger partial charge in [-0.3, -0.25) is 4.98 Å². The molecule has 2 N–H and O–H groups in total. The maximum Gasteiger partial charge on any atom is 0.127 e. The van der Waals surface area contributed by atoms with E-state index in [4.69, 9.17) is 10.5 Å². The molecule has 0 saturated heterocycles. The molecule has 0 amide bonds. The molecule has 1 heterocycles. The minimum absolute atomic E-state index is 0.516. The van der Waals surface area contributed by atoms with E-state index < -0.39 is 0 Å². The van der Waals surface area contributed by atoms with Crippen molar-refractivity contribution >= 4 is 0 Å². The van der Waals surface area contributed by atoms with E-state index in [9.17, 15) is 0 Å². The molecule has 0 radical (unpaired) electrons. The Morgan fingerprint density at radius 2 is 1.65 bits per heavy atom. The second-order valence-electron chi connectivity index (χ2n) is 5.35. The molecule has 0 aliphatic rings. The van der Waals surface area contributed by atoms with Crippen LogP contribution in [0.1, 0.15) is 11.1 Å². The lowest BCUT2D eigenvalue weighted by molar-refractivity contribution is 0.323. The first-order valence-corrected chi connectivity index (χ1v) is 7.77. The molecule has 0 saturated carbocycles. The lowest BCUT2D eigenvalue weighted by Gasteiger charge is -2.13. The average Bonchev–Trinajstić information content (AvgIpc) is 2.63. The molecule has 3 rings (SSSR count). The predicted molar refractivity (Wildman–Crippen MR) is 93.2 cm³/mol. The third-order valence-electron chi connectivity index (χ3n) is 3.76. The maximum absolute atomic E-state index is 6.03. The highest BCUT2D eigenvalue weighted by molar-refractivity contribution is 5.70. The van der Waals surface area contributed by atoms with Crippen molar-refractivity contribution in [1.29, 1.82) is 0 Å². The second kappa shape index (κ2) is 7.56. The third-order valence-corrected chi connectivity index (χ3v) is 3.76. The lowest BCUT2D eigenvalue weighted by atomic mass is 10.0. The Balaban J connectivity index is 1.78.